The molecular weight excluding hydrogens is 654 g/mol. The summed E-state index contributed by atoms with van der Waals surface area (Å²) >= 11 is 6.14. The molecule has 278 valence electrons. The lowest BCUT2D eigenvalue weighted by molar-refractivity contribution is -0.0360. The Labute approximate surface area is 305 Å². The first-order valence-corrected chi connectivity index (χ1v) is 18.9. The second-order valence-corrected chi connectivity index (χ2v) is 14.9. The molecule has 3 fully saturated rings. The van der Waals surface area contributed by atoms with Gasteiger partial charge in [-0.1, -0.05) is 60.7 Å². The van der Waals surface area contributed by atoms with Crippen molar-refractivity contribution in [1.29, 1.82) is 0 Å². The molecule has 0 aliphatic carbocycles. The Bertz CT molecular complexity index is 1300. The summed E-state index contributed by atoms with van der Waals surface area (Å²) in [7, 11) is 0. The van der Waals surface area contributed by atoms with Gasteiger partial charge in [-0.15, -0.1) is 11.6 Å². The molecule has 2 aromatic carbocycles. The average molecular weight is 714 g/mol. The van der Waals surface area contributed by atoms with E-state index in [9.17, 15) is 9.59 Å². The molecule has 0 unspecified atom stereocenters. The van der Waals surface area contributed by atoms with Crippen molar-refractivity contribution in [1.82, 2.24) is 24.5 Å². The van der Waals surface area contributed by atoms with E-state index < -0.39 is 0 Å². The van der Waals surface area contributed by atoms with Gasteiger partial charge in [-0.05, 0) is 59.6 Å². The van der Waals surface area contributed by atoms with E-state index in [4.69, 9.17) is 25.8 Å². The van der Waals surface area contributed by atoms with E-state index in [0.29, 0.717) is 25.0 Å². The monoisotopic (exact) mass is 713 g/mol. The number of piperazine rings is 2. The van der Waals surface area contributed by atoms with Crippen LogP contribution in [-0.2, 0) is 27.3 Å². The number of carbonyl (C=O) groups excluding carboxylic acids is 2. The van der Waals surface area contributed by atoms with Gasteiger partial charge in [-0.2, -0.15) is 0 Å². The maximum absolute atomic E-state index is 12.6. The van der Waals surface area contributed by atoms with Crippen molar-refractivity contribution >= 4 is 23.8 Å². The van der Waals surface area contributed by atoms with E-state index in [0.717, 1.165) is 52.5 Å². The molecule has 0 saturated carbocycles. The molecule has 0 radical (unpaired) electrons. The molecule has 3 aliphatic rings. The Kier molecular flexibility index (Phi) is 15.7. The van der Waals surface area contributed by atoms with Crippen LogP contribution in [0, 0.1) is 0 Å². The number of hydrogen-bond donors (Lipinski definition) is 0. The van der Waals surface area contributed by atoms with Crippen molar-refractivity contribution in [3.63, 3.8) is 0 Å². The van der Waals surface area contributed by atoms with Crippen LogP contribution in [0.5, 0.6) is 0 Å². The highest BCUT2D eigenvalue weighted by Crippen LogP contribution is 2.23. The number of hydrogen-bond acceptors (Lipinski definition) is 8. The van der Waals surface area contributed by atoms with E-state index in [1.807, 2.05) is 50.8 Å². The molecule has 3 heterocycles. The molecule has 3 aliphatic heterocycles. The van der Waals surface area contributed by atoms with Crippen molar-refractivity contribution in [2.24, 2.45) is 0 Å². The molecule has 0 spiro atoms. The minimum Gasteiger partial charge on any atom is -0.447 e. The Balaban J connectivity index is 0.000000232. The zero-order valence-electron chi connectivity index (χ0n) is 31.2. The highest BCUT2D eigenvalue weighted by Gasteiger charge is 2.37. The minimum atomic E-state index is -0.239. The van der Waals surface area contributed by atoms with Gasteiger partial charge in [-0.25, -0.2) is 9.59 Å². The second-order valence-electron chi connectivity index (χ2n) is 14.6. The van der Waals surface area contributed by atoms with E-state index in [-0.39, 0.29) is 48.6 Å². The third-order valence-corrected chi connectivity index (χ3v) is 9.99. The summed E-state index contributed by atoms with van der Waals surface area (Å²) in [5.74, 6) is 0.505. The molecule has 0 aromatic heterocycles. The number of amides is 2. The number of ether oxygens (including phenoxy) is 3. The van der Waals surface area contributed by atoms with Gasteiger partial charge >= 0.3 is 12.2 Å². The Morgan fingerprint density at radius 3 is 1.60 bits per heavy atom. The molecule has 5 rings (SSSR count). The molecule has 2 amide bonds. The number of benzene rings is 2. The summed E-state index contributed by atoms with van der Waals surface area (Å²) in [4.78, 5) is 35.9. The van der Waals surface area contributed by atoms with Crippen LogP contribution in [0.2, 0.25) is 0 Å². The molecule has 10 nitrogen and oxygen atoms in total. The van der Waals surface area contributed by atoms with Crippen molar-refractivity contribution in [3.8, 4) is 0 Å². The SMILES string of the molecule is CC(C)OC(=O)N1C[C@H](CCl)N(Cc2ccccc2)C[C@H]1C.CC(C)OC(=O)N1C[C@H](CN2CCOC[C@H]2C)N(Cc2ccccc2)C[C@H]1C. The quantitative estimate of drug-likeness (QED) is 0.286. The second kappa shape index (κ2) is 19.6. The molecule has 11 heteroatoms. The number of nitrogens with zero attached hydrogens (tertiary/aromatic N) is 5. The summed E-state index contributed by atoms with van der Waals surface area (Å²) in [6.45, 7) is 22.1. The van der Waals surface area contributed by atoms with Gasteiger partial charge in [0.05, 0.1) is 25.4 Å². The summed E-state index contributed by atoms with van der Waals surface area (Å²) in [6, 6.07) is 22.0. The molecule has 2 aromatic rings. The fourth-order valence-electron chi connectivity index (χ4n) is 6.91. The van der Waals surface area contributed by atoms with Gasteiger partial charge in [0, 0.05) is 88.4 Å². The van der Waals surface area contributed by atoms with Crippen LogP contribution in [0.3, 0.4) is 0 Å². The molecule has 50 heavy (non-hydrogen) atoms. The first kappa shape index (κ1) is 39.9. The first-order valence-electron chi connectivity index (χ1n) is 18.3. The van der Waals surface area contributed by atoms with Crippen molar-refractivity contribution in [2.45, 2.75) is 104 Å². The van der Waals surface area contributed by atoms with Crippen molar-refractivity contribution in [3.05, 3.63) is 71.8 Å². The van der Waals surface area contributed by atoms with Gasteiger partial charge in [0.15, 0.2) is 0 Å². The number of carbonyl (C=O) groups is 2. The predicted molar refractivity (Wildman–Crippen MR) is 199 cm³/mol. The van der Waals surface area contributed by atoms with Crippen LogP contribution in [-0.4, -0.2) is 137 Å². The molecule has 3 saturated heterocycles. The van der Waals surface area contributed by atoms with Crippen molar-refractivity contribution in [2.75, 3.05) is 58.4 Å². The third kappa shape index (κ3) is 11.8. The van der Waals surface area contributed by atoms with Crippen LogP contribution < -0.4 is 0 Å². The van der Waals surface area contributed by atoms with Crippen LogP contribution in [0.25, 0.3) is 0 Å². The van der Waals surface area contributed by atoms with Gasteiger partial charge in [-0.3, -0.25) is 14.7 Å². The van der Waals surface area contributed by atoms with Gasteiger partial charge in [0.2, 0.25) is 0 Å². The lowest BCUT2D eigenvalue weighted by Gasteiger charge is -2.47. The summed E-state index contributed by atoms with van der Waals surface area (Å²) in [5.41, 5.74) is 2.58. The Morgan fingerprint density at radius 1 is 0.700 bits per heavy atom. The highest BCUT2D eigenvalue weighted by molar-refractivity contribution is 6.18. The normalized spacial score (nSPS) is 25.3. The zero-order valence-corrected chi connectivity index (χ0v) is 32.0. The standard InChI is InChI=1S/C22H35N3O3.C17H25ClN2O2/c1-17(2)28-22(26)25-15-21(14-23-10-11-27-16-19(23)4)24(12-18(25)3)13-20-8-6-5-7-9-20;1-13(2)22-17(21)20-12-16(9-18)19(10-14(20)3)11-15-7-5-4-6-8-15/h5-9,17-19,21H,10-16H2,1-4H3;4-8,13-14,16H,9-12H2,1-3H3/t18-,19-,21+;14-,16+/m11/s1. The van der Waals surface area contributed by atoms with Gasteiger partial charge in [0.25, 0.3) is 0 Å². The summed E-state index contributed by atoms with van der Waals surface area (Å²) < 4.78 is 16.4. The van der Waals surface area contributed by atoms with Gasteiger partial charge < -0.3 is 24.0 Å². The van der Waals surface area contributed by atoms with E-state index in [1.165, 1.54) is 11.1 Å². The lowest BCUT2D eigenvalue weighted by Crippen LogP contribution is -2.62. The molecule has 0 bridgehead atoms. The van der Waals surface area contributed by atoms with Gasteiger partial charge in [0.1, 0.15) is 0 Å². The van der Waals surface area contributed by atoms with Crippen molar-refractivity contribution < 1.29 is 23.8 Å². The summed E-state index contributed by atoms with van der Waals surface area (Å²) in [6.07, 6.45) is -0.630. The zero-order chi connectivity index (χ0) is 36.2. The maximum Gasteiger partial charge on any atom is 0.410 e. The lowest BCUT2D eigenvalue weighted by atomic mass is 10.0. The summed E-state index contributed by atoms with van der Waals surface area (Å²) in [5, 5.41) is 0. The Hall–Kier alpha value is -2.89. The first-order chi connectivity index (χ1) is 23.9. The molecule has 0 N–H and O–H groups in total. The number of rotatable bonds is 9. The number of halogens is 1. The largest absolute Gasteiger partial charge is 0.447 e. The average Bonchev–Trinajstić information content (AvgIpc) is 3.07. The maximum atomic E-state index is 12.6. The van der Waals surface area contributed by atoms with Crippen LogP contribution >= 0.6 is 11.6 Å². The minimum absolute atomic E-state index is 0.0974. The smallest absolute Gasteiger partial charge is 0.410 e. The Morgan fingerprint density at radius 2 is 1.16 bits per heavy atom. The molecular formula is C39H60ClN5O5. The van der Waals surface area contributed by atoms with Crippen LogP contribution in [0.15, 0.2) is 60.7 Å². The van der Waals surface area contributed by atoms with Crippen LogP contribution in [0.1, 0.15) is 59.6 Å². The number of alkyl halides is 1. The fourth-order valence-corrected chi connectivity index (χ4v) is 7.21. The fraction of sp³-hybridized carbons (Fsp3) is 0.641. The van der Waals surface area contributed by atoms with E-state index in [2.05, 4.69) is 77.9 Å². The van der Waals surface area contributed by atoms with Crippen LogP contribution in [0.4, 0.5) is 9.59 Å². The highest BCUT2D eigenvalue weighted by atomic mass is 35.5. The molecule has 5 atom stereocenters. The third-order valence-electron chi connectivity index (χ3n) is 9.64. The van der Waals surface area contributed by atoms with E-state index in [1.54, 1.807) is 4.90 Å². The topological polar surface area (TPSA) is 78.0 Å². The number of morpholine rings is 1. The predicted octanol–water partition coefficient (Wildman–Crippen LogP) is 6.17. The van der Waals surface area contributed by atoms with E-state index >= 15 is 0 Å².